The summed E-state index contributed by atoms with van der Waals surface area (Å²) < 4.78 is 17.9. The van der Waals surface area contributed by atoms with Crippen molar-refractivity contribution in [2.75, 3.05) is 6.61 Å². The van der Waals surface area contributed by atoms with Crippen LogP contribution in [0.2, 0.25) is 0 Å². The molecular formula is C18H25FO2. The monoisotopic (exact) mass is 292 g/mol. The maximum absolute atomic E-state index is 12.7. The smallest absolute Gasteiger partial charge is 0.338 e. The number of hydrogen-bond acceptors (Lipinski definition) is 2. The normalized spacial score (nSPS) is 10.3. The van der Waals surface area contributed by atoms with Gasteiger partial charge in [0.1, 0.15) is 5.82 Å². The Kier molecular flexibility index (Phi) is 9.18. The number of hydrogen-bond donors (Lipinski definition) is 0. The molecule has 0 N–H and O–H groups in total. The van der Waals surface area contributed by atoms with Gasteiger partial charge < -0.3 is 4.74 Å². The molecule has 0 bridgehead atoms. The largest absolute Gasteiger partial charge is 0.462 e. The molecule has 0 aliphatic rings. The Hall–Kier alpha value is -1.64. The molecule has 0 unspecified atom stereocenters. The summed E-state index contributed by atoms with van der Waals surface area (Å²) in [6.07, 6.45) is 11.2. The van der Waals surface area contributed by atoms with Crippen LogP contribution in [0.3, 0.4) is 0 Å². The van der Waals surface area contributed by atoms with E-state index in [9.17, 15) is 9.18 Å². The molecule has 116 valence electrons. The SMILES string of the molecule is C=CCCCCCCCCCOC(=O)c1ccc(F)cc1. The van der Waals surface area contributed by atoms with Crippen molar-refractivity contribution in [3.05, 3.63) is 48.3 Å². The van der Waals surface area contributed by atoms with E-state index in [-0.39, 0.29) is 11.8 Å². The number of carbonyl (C=O) groups excluding carboxylic acids is 1. The lowest BCUT2D eigenvalue weighted by atomic mass is 10.1. The van der Waals surface area contributed by atoms with Gasteiger partial charge in [0, 0.05) is 0 Å². The highest BCUT2D eigenvalue weighted by molar-refractivity contribution is 5.89. The van der Waals surface area contributed by atoms with E-state index in [2.05, 4.69) is 6.58 Å². The Bertz CT molecular complexity index is 412. The van der Waals surface area contributed by atoms with Gasteiger partial charge in [-0.2, -0.15) is 0 Å². The van der Waals surface area contributed by atoms with Crippen LogP contribution in [0.15, 0.2) is 36.9 Å². The molecule has 0 amide bonds. The highest BCUT2D eigenvalue weighted by atomic mass is 19.1. The van der Waals surface area contributed by atoms with Crippen LogP contribution in [0.5, 0.6) is 0 Å². The van der Waals surface area contributed by atoms with Crippen LogP contribution in [0, 0.1) is 5.82 Å². The Morgan fingerprint density at radius 2 is 1.57 bits per heavy atom. The topological polar surface area (TPSA) is 26.3 Å². The molecule has 1 aromatic rings. The van der Waals surface area contributed by atoms with Crippen molar-refractivity contribution < 1.29 is 13.9 Å². The van der Waals surface area contributed by atoms with Crippen molar-refractivity contribution in [1.29, 1.82) is 0 Å². The van der Waals surface area contributed by atoms with Gasteiger partial charge in [-0.05, 0) is 43.5 Å². The van der Waals surface area contributed by atoms with E-state index in [4.69, 9.17) is 4.74 Å². The molecule has 2 nitrogen and oxygen atoms in total. The van der Waals surface area contributed by atoms with Crippen molar-refractivity contribution in [2.45, 2.75) is 51.4 Å². The van der Waals surface area contributed by atoms with Gasteiger partial charge in [0.05, 0.1) is 12.2 Å². The molecule has 0 atom stereocenters. The van der Waals surface area contributed by atoms with Gasteiger partial charge in [-0.3, -0.25) is 0 Å². The van der Waals surface area contributed by atoms with Crippen LogP contribution >= 0.6 is 0 Å². The fourth-order valence-electron chi connectivity index (χ4n) is 2.11. The quantitative estimate of drug-likeness (QED) is 0.315. The zero-order chi connectivity index (χ0) is 15.3. The molecule has 0 radical (unpaired) electrons. The van der Waals surface area contributed by atoms with Gasteiger partial charge in [-0.1, -0.05) is 38.2 Å². The van der Waals surface area contributed by atoms with Crippen LogP contribution < -0.4 is 0 Å². The van der Waals surface area contributed by atoms with E-state index >= 15 is 0 Å². The van der Waals surface area contributed by atoms with Crippen LogP contribution in [0.1, 0.15) is 61.7 Å². The lowest BCUT2D eigenvalue weighted by Crippen LogP contribution is -2.06. The average molecular weight is 292 g/mol. The molecule has 0 fully saturated rings. The Balaban J connectivity index is 1.97. The van der Waals surface area contributed by atoms with Gasteiger partial charge >= 0.3 is 5.97 Å². The number of unbranched alkanes of at least 4 members (excludes halogenated alkanes) is 7. The Labute approximate surface area is 127 Å². The predicted molar refractivity (Wildman–Crippen MR) is 83.8 cm³/mol. The summed E-state index contributed by atoms with van der Waals surface area (Å²) in [5, 5.41) is 0. The van der Waals surface area contributed by atoms with Gasteiger partial charge in [0.15, 0.2) is 0 Å². The van der Waals surface area contributed by atoms with E-state index in [1.54, 1.807) is 0 Å². The number of ether oxygens (including phenoxy) is 1. The highest BCUT2D eigenvalue weighted by Crippen LogP contribution is 2.09. The second-order valence-corrected chi connectivity index (χ2v) is 5.20. The zero-order valence-electron chi connectivity index (χ0n) is 12.7. The summed E-state index contributed by atoms with van der Waals surface area (Å²) in [4.78, 5) is 11.6. The molecule has 0 aromatic heterocycles. The first-order chi connectivity index (χ1) is 10.2. The molecule has 21 heavy (non-hydrogen) atoms. The van der Waals surface area contributed by atoms with E-state index in [0.29, 0.717) is 12.2 Å². The van der Waals surface area contributed by atoms with Gasteiger partial charge in [-0.15, -0.1) is 6.58 Å². The van der Waals surface area contributed by atoms with E-state index in [1.807, 2.05) is 6.08 Å². The van der Waals surface area contributed by atoms with Crippen LogP contribution in [0.25, 0.3) is 0 Å². The first-order valence-corrected chi connectivity index (χ1v) is 7.77. The number of allylic oxidation sites excluding steroid dienone is 1. The summed E-state index contributed by atoms with van der Waals surface area (Å²) in [7, 11) is 0. The molecule has 0 spiro atoms. The number of esters is 1. The van der Waals surface area contributed by atoms with Crippen molar-refractivity contribution >= 4 is 5.97 Å². The fraction of sp³-hybridized carbons (Fsp3) is 0.500. The molecule has 0 aliphatic heterocycles. The summed E-state index contributed by atoms with van der Waals surface area (Å²) in [5.41, 5.74) is 0.401. The summed E-state index contributed by atoms with van der Waals surface area (Å²) in [6, 6.07) is 5.42. The van der Waals surface area contributed by atoms with Crippen LogP contribution in [0.4, 0.5) is 4.39 Å². The third-order valence-corrected chi connectivity index (χ3v) is 3.37. The van der Waals surface area contributed by atoms with Crippen molar-refractivity contribution in [2.24, 2.45) is 0 Å². The second kappa shape index (κ2) is 11.1. The minimum atomic E-state index is -0.376. The predicted octanol–water partition coefficient (Wildman–Crippen LogP) is 5.29. The van der Waals surface area contributed by atoms with Gasteiger partial charge in [0.25, 0.3) is 0 Å². The molecule has 0 saturated heterocycles. The first kappa shape index (κ1) is 17.4. The molecular weight excluding hydrogens is 267 g/mol. The molecule has 0 saturated carbocycles. The minimum Gasteiger partial charge on any atom is -0.462 e. The summed E-state index contributed by atoms with van der Waals surface area (Å²) in [5.74, 6) is -0.723. The zero-order valence-corrected chi connectivity index (χ0v) is 12.7. The van der Waals surface area contributed by atoms with E-state index < -0.39 is 0 Å². The van der Waals surface area contributed by atoms with Crippen molar-refractivity contribution in [1.82, 2.24) is 0 Å². The van der Waals surface area contributed by atoms with Crippen molar-refractivity contribution in [3.63, 3.8) is 0 Å². The lowest BCUT2D eigenvalue weighted by Gasteiger charge is -2.05. The fourth-order valence-corrected chi connectivity index (χ4v) is 2.11. The average Bonchev–Trinajstić information content (AvgIpc) is 2.49. The molecule has 1 rings (SSSR count). The molecule has 3 heteroatoms. The van der Waals surface area contributed by atoms with Crippen LogP contribution in [-0.2, 0) is 4.74 Å². The lowest BCUT2D eigenvalue weighted by molar-refractivity contribution is 0.0497. The second-order valence-electron chi connectivity index (χ2n) is 5.20. The van der Waals surface area contributed by atoms with Gasteiger partial charge in [-0.25, -0.2) is 9.18 Å². The maximum Gasteiger partial charge on any atom is 0.338 e. The standard InChI is InChI=1S/C18H25FO2/c1-2-3-4-5-6-7-8-9-10-15-21-18(20)16-11-13-17(19)14-12-16/h2,11-14H,1,3-10,15H2. The number of carbonyl (C=O) groups is 1. The molecule has 0 aliphatic carbocycles. The third kappa shape index (κ3) is 8.28. The number of benzene rings is 1. The maximum atomic E-state index is 12.7. The van der Waals surface area contributed by atoms with Crippen LogP contribution in [-0.4, -0.2) is 12.6 Å². The summed E-state index contributed by atoms with van der Waals surface area (Å²) >= 11 is 0. The molecule has 0 heterocycles. The molecule has 1 aromatic carbocycles. The van der Waals surface area contributed by atoms with E-state index in [1.165, 1.54) is 56.4 Å². The minimum absolute atomic E-state index is 0.348. The number of rotatable bonds is 11. The summed E-state index contributed by atoms with van der Waals surface area (Å²) in [6.45, 7) is 4.15. The van der Waals surface area contributed by atoms with Crippen molar-refractivity contribution in [3.8, 4) is 0 Å². The highest BCUT2D eigenvalue weighted by Gasteiger charge is 2.06. The first-order valence-electron chi connectivity index (χ1n) is 7.77. The Morgan fingerprint density at radius 3 is 2.19 bits per heavy atom. The van der Waals surface area contributed by atoms with Gasteiger partial charge in [0.2, 0.25) is 0 Å². The Morgan fingerprint density at radius 1 is 1.00 bits per heavy atom. The number of halogens is 1. The van der Waals surface area contributed by atoms with E-state index in [0.717, 1.165) is 19.3 Å². The third-order valence-electron chi connectivity index (χ3n) is 3.37.